The first kappa shape index (κ1) is 19.6. The van der Waals surface area contributed by atoms with Gasteiger partial charge in [0, 0.05) is 26.7 Å². The Morgan fingerprint density at radius 1 is 1.35 bits per heavy atom. The number of nitrogens with two attached hydrogens (primary N) is 1. The minimum atomic E-state index is -1.12. The number of nitrogens with one attached hydrogen (secondary N) is 1. The van der Waals surface area contributed by atoms with E-state index in [1.54, 1.807) is 46.1 Å². The van der Waals surface area contributed by atoms with Crippen molar-refractivity contribution < 1.29 is 19.1 Å². The third-order valence-electron chi connectivity index (χ3n) is 4.46. The summed E-state index contributed by atoms with van der Waals surface area (Å²) in [7, 11) is 5.23. The van der Waals surface area contributed by atoms with E-state index in [0.717, 1.165) is 5.69 Å². The third-order valence-corrected chi connectivity index (χ3v) is 4.46. The fourth-order valence-electron chi connectivity index (χ4n) is 2.67. The zero-order chi connectivity index (χ0) is 19.6. The number of nitrogens with zero attached hydrogens (tertiary/aromatic N) is 2. The van der Waals surface area contributed by atoms with Crippen LogP contribution in [-0.4, -0.2) is 62.0 Å². The van der Waals surface area contributed by atoms with Crippen molar-refractivity contribution in [2.45, 2.75) is 31.8 Å². The summed E-state index contributed by atoms with van der Waals surface area (Å²) in [6.45, 7) is 3.44. The molecule has 26 heavy (non-hydrogen) atoms. The van der Waals surface area contributed by atoms with Crippen molar-refractivity contribution >= 4 is 23.4 Å². The van der Waals surface area contributed by atoms with Gasteiger partial charge in [0.2, 0.25) is 11.8 Å². The molecule has 0 aliphatic carbocycles. The van der Waals surface area contributed by atoms with Crippen LogP contribution in [0.15, 0.2) is 18.2 Å². The highest BCUT2D eigenvalue weighted by molar-refractivity contribution is 5.95. The first-order chi connectivity index (χ1) is 12.0. The molecule has 0 unspecified atom stereocenters. The van der Waals surface area contributed by atoms with Crippen LogP contribution in [0.25, 0.3) is 0 Å². The molecule has 0 bridgehead atoms. The average Bonchev–Trinajstić information content (AvgIpc) is 2.55. The van der Waals surface area contributed by atoms with Crippen LogP contribution in [0.2, 0.25) is 0 Å². The summed E-state index contributed by atoms with van der Waals surface area (Å²) < 4.78 is 5.74. The maximum atomic E-state index is 12.3. The quantitative estimate of drug-likeness (QED) is 0.787. The van der Waals surface area contributed by atoms with E-state index >= 15 is 0 Å². The number of primary amides is 1. The van der Waals surface area contributed by atoms with Crippen LogP contribution < -0.4 is 20.7 Å². The zero-order valence-corrected chi connectivity index (χ0v) is 15.8. The first-order valence-corrected chi connectivity index (χ1v) is 8.35. The van der Waals surface area contributed by atoms with Gasteiger partial charge in [-0.1, -0.05) is 0 Å². The molecule has 1 atom stereocenters. The molecule has 0 fully saturated rings. The molecule has 3 amide bonds. The zero-order valence-electron chi connectivity index (χ0n) is 15.8. The number of rotatable bonds is 5. The number of likely N-dealkylation sites (N-methyl/N-ethyl adjacent to an activating group) is 1. The molecule has 0 spiro atoms. The van der Waals surface area contributed by atoms with Gasteiger partial charge in [-0.05, 0) is 32.0 Å². The summed E-state index contributed by atoms with van der Waals surface area (Å²) >= 11 is 0. The van der Waals surface area contributed by atoms with Crippen molar-refractivity contribution in [2.24, 2.45) is 5.73 Å². The van der Waals surface area contributed by atoms with E-state index in [9.17, 15) is 14.4 Å². The molecule has 1 aliphatic heterocycles. The molecule has 3 N–H and O–H groups in total. The summed E-state index contributed by atoms with van der Waals surface area (Å²) in [5.74, 6) is -0.337. The molecule has 0 saturated heterocycles. The van der Waals surface area contributed by atoms with Gasteiger partial charge in [0.15, 0.2) is 0 Å². The van der Waals surface area contributed by atoms with E-state index in [0.29, 0.717) is 17.9 Å². The number of ether oxygens (including phenoxy) is 1. The maximum absolute atomic E-state index is 12.3. The lowest BCUT2D eigenvalue weighted by atomic mass is 10.0. The van der Waals surface area contributed by atoms with Crippen LogP contribution in [0.1, 0.15) is 30.6 Å². The molecule has 8 heteroatoms. The summed E-state index contributed by atoms with van der Waals surface area (Å²) in [6, 6.07) is 5.01. The fourth-order valence-corrected chi connectivity index (χ4v) is 2.67. The summed E-state index contributed by atoms with van der Waals surface area (Å²) in [5, 5.41) is 2.64. The SMILES string of the molecule is CN(C)C(=O)c1ccc2c(c1)N(C)[C@@H](CC(=O)NC(C)(C)C(N)=O)CO2. The second-order valence-electron chi connectivity index (χ2n) is 7.20. The van der Waals surface area contributed by atoms with Gasteiger partial charge in [-0.2, -0.15) is 0 Å². The number of benzene rings is 1. The number of amides is 3. The van der Waals surface area contributed by atoms with Crippen molar-refractivity contribution in [3.63, 3.8) is 0 Å². The topological polar surface area (TPSA) is 105 Å². The Morgan fingerprint density at radius 2 is 2.00 bits per heavy atom. The Bertz CT molecular complexity index is 730. The normalized spacial score (nSPS) is 16.3. The highest BCUT2D eigenvalue weighted by Gasteiger charge is 2.31. The van der Waals surface area contributed by atoms with Gasteiger partial charge in [0.05, 0.1) is 18.2 Å². The molecule has 0 aromatic heterocycles. The van der Waals surface area contributed by atoms with Crippen molar-refractivity contribution in [3.8, 4) is 5.75 Å². The lowest BCUT2D eigenvalue weighted by molar-refractivity contribution is -0.130. The first-order valence-electron chi connectivity index (χ1n) is 8.35. The predicted octanol–water partition coefficient (Wildman–Crippen LogP) is 0.356. The summed E-state index contributed by atoms with van der Waals surface area (Å²) in [6.07, 6.45) is 0.137. The van der Waals surface area contributed by atoms with E-state index in [4.69, 9.17) is 10.5 Å². The van der Waals surface area contributed by atoms with Crippen molar-refractivity contribution in [1.29, 1.82) is 0 Å². The van der Waals surface area contributed by atoms with Crippen LogP contribution in [0.3, 0.4) is 0 Å². The van der Waals surface area contributed by atoms with Crippen LogP contribution in [0.4, 0.5) is 5.69 Å². The van der Waals surface area contributed by atoms with E-state index in [2.05, 4.69) is 5.32 Å². The van der Waals surface area contributed by atoms with Gasteiger partial charge in [0.1, 0.15) is 17.9 Å². The van der Waals surface area contributed by atoms with E-state index in [-0.39, 0.29) is 24.3 Å². The molecule has 142 valence electrons. The van der Waals surface area contributed by atoms with E-state index in [1.807, 2.05) is 11.9 Å². The number of carbonyl (C=O) groups excluding carboxylic acids is 3. The van der Waals surface area contributed by atoms with E-state index < -0.39 is 11.4 Å². The highest BCUT2D eigenvalue weighted by Crippen LogP contribution is 2.34. The van der Waals surface area contributed by atoms with Crippen molar-refractivity contribution in [3.05, 3.63) is 23.8 Å². The second kappa shape index (κ2) is 7.23. The molecule has 1 heterocycles. The number of hydrogen-bond donors (Lipinski definition) is 2. The molecule has 1 aliphatic rings. The molecule has 0 saturated carbocycles. The Balaban J connectivity index is 2.14. The Kier molecular flexibility index (Phi) is 5.44. The predicted molar refractivity (Wildman–Crippen MR) is 98.2 cm³/mol. The summed E-state index contributed by atoms with van der Waals surface area (Å²) in [5.41, 5.74) is 5.46. The fraction of sp³-hybridized carbons (Fsp3) is 0.500. The molecular formula is C18H26N4O4. The standard InChI is InChI=1S/C18H26N4O4/c1-18(2,17(19)25)20-15(23)9-12-10-26-14-7-6-11(16(24)21(3)4)8-13(14)22(12)5/h6-8,12H,9-10H2,1-5H3,(H2,19,25)(H,20,23)/t12-/m0/s1. The molecule has 1 aromatic carbocycles. The lowest BCUT2D eigenvalue weighted by Gasteiger charge is -2.36. The minimum absolute atomic E-state index is 0.107. The molecule has 1 aromatic rings. The Labute approximate surface area is 153 Å². The van der Waals surface area contributed by atoms with Crippen LogP contribution in [0.5, 0.6) is 5.75 Å². The van der Waals surface area contributed by atoms with Gasteiger partial charge in [-0.15, -0.1) is 0 Å². The lowest BCUT2D eigenvalue weighted by Crippen LogP contribution is -2.54. The number of anilines is 1. The average molecular weight is 362 g/mol. The molecule has 2 rings (SSSR count). The Morgan fingerprint density at radius 3 is 2.58 bits per heavy atom. The molecule has 8 nitrogen and oxygen atoms in total. The number of fused-ring (bicyclic) bond motifs is 1. The Hall–Kier alpha value is -2.77. The largest absolute Gasteiger partial charge is 0.489 e. The van der Waals surface area contributed by atoms with Gasteiger partial charge in [-0.3, -0.25) is 14.4 Å². The van der Waals surface area contributed by atoms with Crippen molar-refractivity contribution in [2.75, 3.05) is 32.6 Å². The van der Waals surface area contributed by atoms with Gasteiger partial charge in [-0.25, -0.2) is 0 Å². The maximum Gasteiger partial charge on any atom is 0.253 e. The number of carbonyl (C=O) groups is 3. The van der Waals surface area contributed by atoms with Gasteiger partial charge in [0.25, 0.3) is 5.91 Å². The van der Waals surface area contributed by atoms with Gasteiger partial charge >= 0.3 is 0 Å². The molecule has 0 radical (unpaired) electrons. The van der Waals surface area contributed by atoms with Crippen LogP contribution in [-0.2, 0) is 9.59 Å². The van der Waals surface area contributed by atoms with Crippen LogP contribution >= 0.6 is 0 Å². The smallest absolute Gasteiger partial charge is 0.253 e. The van der Waals surface area contributed by atoms with Crippen molar-refractivity contribution in [1.82, 2.24) is 10.2 Å². The minimum Gasteiger partial charge on any atom is -0.489 e. The number of hydrogen-bond acceptors (Lipinski definition) is 5. The summed E-state index contributed by atoms with van der Waals surface area (Å²) in [4.78, 5) is 39.3. The monoisotopic (exact) mass is 362 g/mol. The van der Waals surface area contributed by atoms with Gasteiger partial charge < -0.3 is 25.6 Å². The second-order valence-corrected chi connectivity index (χ2v) is 7.20. The molecular weight excluding hydrogens is 336 g/mol. The highest BCUT2D eigenvalue weighted by atomic mass is 16.5. The van der Waals surface area contributed by atoms with E-state index in [1.165, 1.54) is 4.90 Å². The third kappa shape index (κ3) is 4.07. The van der Waals surface area contributed by atoms with Crippen LogP contribution in [0, 0.1) is 0 Å².